The smallest absolute Gasteiger partial charge is 0.258 e. The summed E-state index contributed by atoms with van der Waals surface area (Å²) in [6.07, 6.45) is 2.11. The van der Waals surface area contributed by atoms with Gasteiger partial charge in [-0.15, -0.1) is 0 Å². The molecule has 0 unspecified atom stereocenters. The monoisotopic (exact) mass is 433 g/mol. The van der Waals surface area contributed by atoms with Crippen LogP contribution in [0.4, 0.5) is 0 Å². The second kappa shape index (κ2) is 8.39. The van der Waals surface area contributed by atoms with Crippen molar-refractivity contribution >= 4 is 15.9 Å². The lowest BCUT2D eigenvalue weighted by Crippen LogP contribution is -2.14. The van der Waals surface area contributed by atoms with Crippen molar-refractivity contribution in [3.63, 3.8) is 0 Å². The van der Waals surface area contributed by atoms with E-state index in [1.54, 1.807) is 19.3 Å². The molecule has 2 heterocycles. The Balaban J connectivity index is 1.87. The van der Waals surface area contributed by atoms with Crippen LogP contribution in [-0.4, -0.2) is 27.9 Å². The van der Waals surface area contributed by atoms with E-state index in [0.29, 0.717) is 48.4 Å². The number of pyridine rings is 1. The zero-order valence-corrected chi connectivity index (χ0v) is 16.9. The number of hydrogen-bond donors (Lipinski definition) is 0. The van der Waals surface area contributed by atoms with Crippen LogP contribution < -0.4 is 15.0 Å². The van der Waals surface area contributed by atoms with E-state index in [1.165, 1.54) is 10.6 Å². The van der Waals surface area contributed by atoms with Gasteiger partial charge in [-0.3, -0.25) is 4.79 Å². The van der Waals surface area contributed by atoms with Crippen LogP contribution >= 0.6 is 15.9 Å². The standard InChI is InChI=1S/C19H20BrN3O4/c1-4-25-15-8-13(14(20)11-16(15)26-5-2)9-17-21-19(27-22-17)12-6-7-23(3)18(24)10-12/h6-8,10-11H,4-5,9H2,1-3H3. The average molecular weight is 434 g/mol. The van der Waals surface area contributed by atoms with Crippen molar-refractivity contribution in [1.29, 1.82) is 0 Å². The van der Waals surface area contributed by atoms with E-state index in [2.05, 4.69) is 26.1 Å². The summed E-state index contributed by atoms with van der Waals surface area (Å²) in [5.41, 5.74) is 1.40. The van der Waals surface area contributed by atoms with E-state index in [1.807, 2.05) is 26.0 Å². The third-order valence-corrected chi connectivity index (χ3v) is 4.62. The molecule has 0 aliphatic carbocycles. The Bertz CT molecular complexity index is 997. The zero-order valence-electron chi connectivity index (χ0n) is 15.4. The first-order valence-electron chi connectivity index (χ1n) is 8.59. The summed E-state index contributed by atoms with van der Waals surface area (Å²) in [5, 5.41) is 4.03. The lowest BCUT2D eigenvalue weighted by molar-refractivity contribution is 0.287. The molecule has 7 nitrogen and oxygen atoms in total. The van der Waals surface area contributed by atoms with Gasteiger partial charge in [-0.25, -0.2) is 0 Å². The van der Waals surface area contributed by atoms with Crippen LogP contribution in [0, 0.1) is 0 Å². The van der Waals surface area contributed by atoms with Crippen LogP contribution in [0.2, 0.25) is 0 Å². The number of benzene rings is 1. The molecule has 0 bridgehead atoms. The highest BCUT2D eigenvalue weighted by molar-refractivity contribution is 9.10. The maximum Gasteiger partial charge on any atom is 0.258 e. The highest BCUT2D eigenvalue weighted by Gasteiger charge is 2.15. The second-order valence-corrected chi connectivity index (χ2v) is 6.67. The first-order valence-corrected chi connectivity index (χ1v) is 9.38. The predicted octanol–water partition coefficient (Wildman–Crippen LogP) is 3.59. The van der Waals surface area contributed by atoms with Gasteiger partial charge in [0.05, 0.1) is 13.2 Å². The Hall–Kier alpha value is -2.61. The molecule has 0 radical (unpaired) electrons. The molecule has 3 rings (SSSR count). The van der Waals surface area contributed by atoms with Crippen molar-refractivity contribution in [2.24, 2.45) is 7.05 Å². The van der Waals surface area contributed by atoms with Crippen molar-refractivity contribution in [2.75, 3.05) is 13.2 Å². The number of aryl methyl sites for hydroxylation is 1. The quantitative estimate of drug-likeness (QED) is 0.566. The van der Waals surface area contributed by atoms with Crippen LogP contribution in [0.3, 0.4) is 0 Å². The molecule has 0 aliphatic rings. The number of rotatable bonds is 7. The Morgan fingerprint density at radius 2 is 1.85 bits per heavy atom. The summed E-state index contributed by atoms with van der Waals surface area (Å²) in [6, 6.07) is 7.02. The zero-order chi connectivity index (χ0) is 19.4. The van der Waals surface area contributed by atoms with E-state index >= 15 is 0 Å². The fourth-order valence-electron chi connectivity index (χ4n) is 2.54. The molecule has 0 saturated heterocycles. The molecule has 27 heavy (non-hydrogen) atoms. The summed E-state index contributed by atoms with van der Waals surface area (Å²) in [4.78, 5) is 16.2. The minimum Gasteiger partial charge on any atom is -0.490 e. The van der Waals surface area contributed by atoms with Gasteiger partial charge in [0.2, 0.25) is 0 Å². The summed E-state index contributed by atoms with van der Waals surface area (Å²) >= 11 is 3.56. The molecule has 1 aromatic carbocycles. The highest BCUT2D eigenvalue weighted by atomic mass is 79.9. The van der Waals surface area contributed by atoms with Gasteiger partial charge >= 0.3 is 0 Å². The van der Waals surface area contributed by atoms with Gasteiger partial charge in [0.15, 0.2) is 17.3 Å². The molecular formula is C19H20BrN3O4. The summed E-state index contributed by atoms with van der Waals surface area (Å²) < 4.78 is 19.0. The number of nitrogens with zero attached hydrogens (tertiary/aromatic N) is 3. The Morgan fingerprint density at radius 3 is 2.52 bits per heavy atom. The average Bonchev–Trinajstić information content (AvgIpc) is 3.10. The van der Waals surface area contributed by atoms with Gasteiger partial charge in [-0.05, 0) is 37.6 Å². The largest absolute Gasteiger partial charge is 0.490 e. The molecule has 2 aromatic heterocycles. The van der Waals surface area contributed by atoms with E-state index in [9.17, 15) is 4.79 Å². The molecule has 0 aliphatic heterocycles. The number of aromatic nitrogens is 3. The second-order valence-electron chi connectivity index (χ2n) is 5.81. The summed E-state index contributed by atoms with van der Waals surface area (Å²) in [6.45, 7) is 4.94. The van der Waals surface area contributed by atoms with E-state index in [0.717, 1.165) is 10.0 Å². The minimum absolute atomic E-state index is 0.136. The van der Waals surface area contributed by atoms with Crippen LogP contribution in [0.5, 0.6) is 11.5 Å². The van der Waals surface area contributed by atoms with Crippen molar-refractivity contribution in [3.05, 3.63) is 56.7 Å². The van der Waals surface area contributed by atoms with Crippen LogP contribution in [0.1, 0.15) is 25.2 Å². The van der Waals surface area contributed by atoms with Crippen molar-refractivity contribution in [3.8, 4) is 23.0 Å². The lowest BCUT2D eigenvalue weighted by Gasteiger charge is -2.13. The fourth-order valence-corrected chi connectivity index (χ4v) is 3.01. The molecule has 0 amide bonds. The number of hydrogen-bond acceptors (Lipinski definition) is 6. The van der Waals surface area contributed by atoms with Crippen molar-refractivity contribution < 1.29 is 14.0 Å². The molecule has 0 spiro atoms. The molecular weight excluding hydrogens is 414 g/mol. The molecule has 0 fully saturated rings. The fraction of sp³-hybridized carbons (Fsp3) is 0.316. The molecule has 3 aromatic rings. The molecule has 0 saturated carbocycles. The van der Waals surface area contributed by atoms with E-state index < -0.39 is 0 Å². The summed E-state index contributed by atoms with van der Waals surface area (Å²) in [7, 11) is 1.69. The highest BCUT2D eigenvalue weighted by Crippen LogP contribution is 2.34. The number of ether oxygens (including phenoxy) is 2. The molecule has 0 atom stereocenters. The first-order chi connectivity index (χ1) is 13.0. The maximum absolute atomic E-state index is 11.8. The number of halogens is 1. The van der Waals surface area contributed by atoms with Gasteiger partial charge < -0.3 is 18.6 Å². The third-order valence-electron chi connectivity index (χ3n) is 3.88. The summed E-state index contributed by atoms with van der Waals surface area (Å²) in [5.74, 6) is 2.18. The van der Waals surface area contributed by atoms with Crippen molar-refractivity contribution in [2.45, 2.75) is 20.3 Å². The minimum atomic E-state index is -0.136. The first kappa shape index (κ1) is 19.2. The molecule has 0 N–H and O–H groups in total. The van der Waals surface area contributed by atoms with Crippen LogP contribution in [-0.2, 0) is 13.5 Å². The van der Waals surface area contributed by atoms with Gasteiger partial charge in [-0.2, -0.15) is 4.98 Å². The normalized spacial score (nSPS) is 10.8. The van der Waals surface area contributed by atoms with E-state index in [4.69, 9.17) is 14.0 Å². The third kappa shape index (κ3) is 4.39. The molecule has 142 valence electrons. The van der Waals surface area contributed by atoms with Crippen LogP contribution in [0.15, 0.2) is 44.3 Å². The SMILES string of the molecule is CCOc1cc(Br)c(Cc2noc(-c3ccn(C)c(=O)c3)n2)cc1OCC. The molecule has 8 heteroatoms. The Morgan fingerprint density at radius 1 is 1.15 bits per heavy atom. The predicted molar refractivity (Wildman–Crippen MR) is 104 cm³/mol. The van der Waals surface area contributed by atoms with Gasteiger partial charge in [0, 0.05) is 35.8 Å². The lowest BCUT2D eigenvalue weighted by atomic mass is 10.1. The van der Waals surface area contributed by atoms with Crippen molar-refractivity contribution in [1.82, 2.24) is 14.7 Å². The van der Waals surface area contributed by atoms with Crippen LogP contribution in [0.25, 0.3) is 11.5 Å². The topological polar surface area (TPSA) is 79.4 Å². The Kier molecular flexibility index (Phi) is 5.95. The van der Waals surface area contributed by atoms with Gasteiger partial charge in [0.1, 0.15) is 0 Å². The Labute approximate surface area is 165 Å². The maximum atomic E-state index is 11.8. The van der Waals surface area contributed by atoms with E-state index in [-0.39, 0.29) is 5.56 Å². The van der Waals surface area contributed by atoms with Gasteiger partial charge in [0.25, 0.3) is 11.4 Å². The van der Waals surface area contributed by atoms with Gasteiger partial charge in [-0.1, -0.05) is 21.1 Å².